The predicted molar refractivity (Wildman–Crippen MR) is 109 cm³/mol. The number of carbonyl (C=O) groups excluding carboxylic acids is 2. The van der Waals surface area contributed by atoms with Gasteiger partial charge in [0.25, 0.3) is 5.91 Å². The second-order valence-corrected chi connectivity index (χ2v) is 9.83. The smallest absolute Gasteiger partial charge is 0.262 e. The maximum Gasteiger partial charge on any atom is 0.262 e. The molecule has 0 saturated heterocycles. The molecule has 0 bridgehead atoms. The summed E-state index contributed by atoms with van der Waals surface area (Å²) < 4.78 is 32.5. The van der Waals surface area contributed by atoms with E-state index in [-0.39, 0.29) is 35.9 Å². The van der Waals surface area contributed by atoms with Crippen LogP contribution in [0.1, 0.15) is 50.5 Å². The zero-order valence-electron chi connectivity index (χ0n) is 17.0. The fraction of sp³-hybridized carbons (Fsp3) is 0.600. The number of carbonyl (C=O) groups is 2. The van der Waals surface area contributed by atoms with Crippen molar-refractivity contribution in [3.8, 4) is 5.75 Å². The number of amides is 2. The average Bonchev–Trinajstić information content (AvgIpc) is 2.62. The van der Waals surface area contributed by atoms with Crippen molar-refractivity contribution in [2.75, 3.05) is 25.5 Å². The molecule has 1 aliphatic heterocycles. The molecule has 9 heteroatoms. The van der Waals surface area contributed by atoms with Gasteiger partial charge in [0.15, 0.2) is 6.61 Å². The van der Waals surface area contributed by atoms with Crippen molar-refractivity contribution in [2.45, 2.75) is 62.8 Å². The first-order valence-electron chi connectivity index (χ1n) is 10.1. The van der Waals surface area contributed by atoms with Crippen molar-refractivity contribution in [1.29, 1.82) is 0 Å². The van der Waals surface area contributed by atoms with Crippen LogP contribution in [0, 0.1) is 6.92 Å². The molecular formula is C20H29N3O5S. The molecular weight excluding hydrogens is 394 g/mol. The van der Waals surface area contributed by atoms with Crippen LogP contribution < -0.4 is 15.4 Å². The van der Waals surface area contributed by atoms with Crippen LogP contribution in [0.3, 0.4) is 0 Å². The predicted octanol–water partition coefficient (Wildman–Crippen LogP) is 2.18. The molecule has 0 unspecified atom stereocenters. The third-order valence-corrected chi connectivity index (χ3v) is 7.38. The lowest BCUT2D eigenvalue weighted by Gasteiger charge is -2.24. The van der Waals surface area contributed by atoms with E-state index in [0.717, 1.165) is 30.0 Å². The minimum absolute atomic E-state index is 0.0636. The molecule has 0 spiro atoms. The molecule has 0 radical (unpaired) electrons. The highest BCUT2D eigenvalue weighted by atomic mass is 32.2. The largest absolute Gasteiger partial charge is 0.482 e. The number of likely N-dealkylation sites (N-methyl/N-ethyl adjacent to an activating group) is 1. The van der Waals surface area contributed by atoms with Gasteiger partial charge >= 0.3 is 0 Å². The molecule has 1 aromatic rings. The number of aryl methyl sites for hydroxylation is 1. The van der Waals surface area contributed by atoms with Crippen LogP contribution in [0.15, 0.2) is 17.0 Å². The van der Waals surface area contributed by atoms with Crippen LogP contribution in [0.25, 0.3) is 0 Å². The summed E-state index contributed by atoms with van der Waals surface area (Å²) in [5, 5.41) is 5.65. The van der Waals surface area contributed by atoms with Crippen LogP contribution in [-0.2, 0) is 19.6 Å². The maximum absolute atomic E-state index is 13.0. The van der Waals surface area contributed by atoms with E-state index in [0.29, 0.717) is 17.0 Å². The van der Waals surface area contributed by atoms with Crippen LogP contribution in [0.4, 0.5) is 5.69 Å². The Balaban J connectivity index is 1.68. The lowest BCUT2D eigenvalue weighted by atomic mass is 9.97. The van der Waals surface area contributed by atoms with E-state index in [1.165, 1.54) is 32.4 Å². The summed E-state index contributed by atoms with van der Waals surface area (Å²) in [4.78, 5) is 24.0. The Bertz CT molecular complexity index is 876. The molecule has 0 aromatic heterocycles. The maximum atomic E-state index is 13.0. The summed E-state index contributed by atoms with van der Waals surface area (Å²) in [7, 11) is -2.49. The van der Waals surface area contributed by atoms with E-state index in [9.17, 15) is 18.0 Å². The van der Waals surface area contributed by atoms with Gasteiger partial charge in [-0.3, -0.25) is 9.59 Å². The Morgan fingerprint density at radius 2 is 1.86 bits per heavy atom. The van der Waals surface area contributed by atoms with Crippen molar-refractivity contribution in [2.24, 2.45) is 0 Å². The molecule has 1 heterocycles. The topological polar surface area (TPSA) is 105 Å². The second kappa shape index (κ2) is 9.13. The van der Waals surface area contributed by atoms with Gasteiger partial charge in [-0.15, -0.1) is 0 Å². The molecule has 1 aliphatic carbocycles. The molecule has 2 N–H and O–H groups in total. The summed E-state index contributed by atoms with van der Waals surface area (Å²) in [6.45, 7) is 1.25. The molecule has 2 aliphatic rings. The summed E-state index contributed by atoms with van der Waals surface area (Å²) in [5.74, 6) is -0.266. The van der Waals surface area contributed by atoms with Gasteiger partial charge in [-0.25, -0.2) is 8.42 Å². The normalized spacial score (nSPS) is 18.2. The van der Waals surface area contributed by atoms with E-state index in [1.807, 2.05) is 0 Å². The lowest BCUT2D eigenvalue weighted by molar-refractivity contribution is -0.122. The van der Waals surface area contributed by atoms with E-state index in [4.69, 9.17) is 4.74 Å². The Morgan fingerprint density at radius 1 is 1.21 bits per heavy atom. The fourth-order valence-electron chi connectivity index (χ4n) is 3.82. The molecule has 29 heavy (non-hydrogen) atoms. The van der Waals surface area contributed by atoms with E-state index in [1.54, 1.807) is 13.0 Å². The Morgan fingerprint density at radius 3 is 2.55 bits per heavy atom. The third kappa shape index (κ3) is 5.27. The Labute approximate surface area is 172 Å². The highest BCUT2D eigenvalue weighted by Gasteiger charge is 2.28. The van der Waals surface area contributed by atoms with Crippen molar-refractivity contribution in [1.82, 2.24) is 9.62 Å². The molecule has 1 fully saturated rings. The third-order valence-electron chi connectivity index (χ3n) is 5.43. The molecule has 2 amide bonds. The number of rotatable bonds is 5. The summed E-state index contributed by atoms with van der Waals surface area (Å²) >= 11 is 0. The number of sulfonamides is 1. The highest BCUT2D eigenvalue weighted by Crippen LogP contribution is 2.33. The zero-order chi connectivity index (χ0) is 21.0. The van der Waals surface area contributed by atoms with Crippen molar-refractivity contribution in [3.63, 3.8) is 0 Å². The van der Waals surface area contributed by atoms with Crippen molar-refractivity contribution >= 4 is 27.5 Å². The number of fused-ring (bicyclic) bond motifs is 1. The molecule has 3 rings (SSSR count). The minimum atomic E-state index is -3.89. The SMILES string of the molecule is Cc1cc2c(cc1S(=O)(=O)N(C)CC(=O)NC1CCCCCCC1)OCC(=O)N2. The minimum Gasteiger partial charge on any atom is -0.482 e. The molecule has 0 atom stereocenters. The van der Waals surface area contributed by atoms with Gasteiger partial charge in [0.2, 0.25) is 15.9 Å². The van der Waals surface area contributed by atoms with E-state index in [2.05, 4.69) is 10.6 Å². The van der Waals surface area contributed by atoms with Crippen LogP contribution >= 0.6 is 0 Å². The first kappa shape index (κ1) is 21.6. The van der Waals surface area contributed by atoms with Gasteiger partial charge in [-0.2, -0.15) is 4.31 Å². The van der Waals surface area contributed by atoms with E-state index >= 15 is 0 Å². The summed E-state index contributed by atoms with van der Waals surface area (Å²) in [6, 6.07) is 3.09. The Hall–Kier alpha value is -2.13. The number of hydrogen-bond acceptors (Lipinski definition) is 5. The zero-order valence-corrected chi connectivity index (χ0v) is 17.8. The molecule has 160 valence electrons. The number of anilines is 1. The van der Waals surface area contributed by atoms with E-state index < -0.39 is 10.0 Å². The van der Waals surface area contributed by atoms with Crippen molar-refractivity contribution in [3.05, 3.63) is 17.7 Å². The monoisotopic (exact) mass is 423 g/mol. The number of nitrogens with zero attached hydrogens (tertiary/aromatic N) is 1. The Kier molecular flexibility index (Phi) is 6.79. The summed E-state index contributed by atoms with van der Waals surface area (Å²) in [6.07, 6.45) is 7.66. The number of ether oxygens (including phenoxy) is 1. The standard InChI is InChI=1S/C20H29N3O5S/c1-14-10-16-17(28-13-20(25)22-16)11-18(14)29(26,27)23(2)12-19(24)21-15-8-6-4-3-5-7-9-15/h10-11,15H,3-9,12-13H2,1-2H3,(H,21,24)(H,22,25). The number of nitrogens with one attached hydrogen (secondary N) is 2. The van der Waals surface area contributed by atoms with Crippen LogP contribution in [0.2, 0.25) is 0 Å². The van der Waals surface area contributed by atoms with Crippen LogP contribution in [0.5, 0.6) is 5.75 Å². The average molecular weight is 424 g/mol. The van der Waals surface area contributed by atoms with Gasteiger partial charge in [0.05, 0.1) is 17.1 Å². The van der Waals surface area contributed by atoms with Crippen molar-refractivity contribution < 1.29 is 22.7 Å². The van der Waals surface area contributed by atoms with Gasteiger partial charge in [0.1, 0.15) is 5.75 Å². The fourth-order valence-corrected chi connectivity index (χ4v) is 5.17. The molecule has 8 nitrogen and oxygen atoms in total. The van der Waals surface area contributed by atoms with Crippen LogP contribution in [-0.4, -0.2) is 50.8 Å². The number of benzene rings is 1. The first-order chi connectivity index (χ1) is 13.8. The summed E-state index contributed by atoms with van der Waals surface area (Å²) in [5.41, 5.74) is 0.921. The highest BCUT2D eigenvalue weighted by molar-refractivity contribution is 7.89. The molecule has 1 saturated carbocycles. The lowest BCUT2D eigenvalue weighted by Crippen LogP contribution is -2.43. The molecule has 1 aromatic carbocycles. The quantitative estimate of drug-likeness (QED) is 0.755. The first-order valence-corrected chi connectivity index (χ1v) is 11.5. The van der Waals surface area contributed by atoms with Gasteiger partial charge < -0.3 is 15.4 Å². The van der Waals surface area contributed by atoms with Gasteiger partial charge in [-0.05, 0) is 31.4 Å². The van der Waals surface area contributed by atoms with Gasteiger partial charge in [-0.1, -0.05) is 32.1 Å². The van der Waals surface area contributed by atoms with Gasteiger partial charge in [0, 0.05) is 19.2 Å². The second-order valence-electron chi connectivity index (χ2n) is 7.82. The number of hydrogen-bond donors (Lipinski definition) is 2.